The van der Waals surface area contributed by atoms with Crippen molar-refractivity contribution in [3.05, 3.63) is 30.1 Å². The Kier molecular flexibility index (Phi) is 6.87. The average molecular weight is 319 g/mol. The van der Waals surface area contributed by atoms with Gasteiger partial charge in [-0.25, -0.2) is 4.39 Å². The summed E-state index contributed by atoms with van der Waals surface area (Å²) in [6.45, 7) is 1.60. The van der Waals surface area contributed by atoms with Crippen molar-refractivity contribution in [1.82, 2.24) is 5.32 Å². The molecule has 0 aromatic heterocycles. The standard InChI is InChI=1S/C14H19FN2O3.ClH/c15-11-2-1-3-12(10-11)20-9-6-17-13(18)14(16)4-7-19-8-5-14;/h1-3,10H,4-9,16H2,(H,17,18);1H. The Labute approximate surface area is 129 Å². The van der Waals surface area contributed by atoms with Gasteiger partial charge in [-0.05, 0) is 25.0 Å². The maximum atomic E-state index is 12.9. The minimum Gasteiger partial charge on any atom is -0.492 e. The zero-order valence-corrected chi connectivity index (χ0v) is 12.5. The van der Waals surface area contributed by atoms with Gasteiger partial charge in [0.25, 0.3) is 0 Å². The first-order valence-electron chi connectivity index (χ1n) is 6.63. The minimum absolute atomic E-state index is 0. The van der Waals surface area contributed by atoms with Gasteiger partial charge in [-0.2, -0.15) is 0 Å². The Bertz CT molecular complexity index is 467. The Morgan fingerprint density at radius 3 is 2.81 bits per heavy atom. The minimum atomic E-state index is -0.850. The maximum absolute atomic E-state index is 12.9. The number of amides is 1. The fourth-order valence-corrected chi connectivity index (χ4v) is 2.03. The van der Waals surface area contributed by atoms with Crippen LogP contribution in [0, 0.1) is 5.82 Å². The topological polar surface area (TPSA) is 73.6 Å². The number of rotatable bonds is 5. The Hall–Kier alpha value is -1.37. The third kappa shape index (κ3) is 5.15. The molecule has 118 valence electrons. The monoisotopic (exact) mass is 318 g/mol. The van der Waals surface area contributed by atoms with Gasteiger partial charge in [0.2, 0.25) is 5.91 Å². The quantitative estimate of drug-likeness (QED) is 0.801. The van der Waals surface area contributed by atoms with Gasteiger partial charge >= 0.3 is 0 Å². The smallest absolute Gasteiger partial charge is 0.240 e. The van der Waals surface area contributed by atoms with Gasteiger partial charge in [0.15, 0.2) is 0 Å². The highest BCUT2D eigenvalue weighted by atomic mass is 35.5. The summed E-state index contributed by atoms with van der Waals surface area (Å²) in [4.78, 5) is 12.0. The average Bonchev–Trinajstić information content (AvgIpc) is 2.44. The SMILES string of the molecule is Cl.NC1(C(=O)NCCOc2cccc(F)c2)CCOCC1. The molecule has 3 N–H and O–H groups in total. The summed E-state index contributed by atoms with van der Waals surface area (Å²) >= 11 is 0. The van der Waals surface area contributed by atoms with Crippen LogP contribution in [0.25, 0.3) is 0 Å². The number of nitrogens with one attached hydrogen (secondary N) is 1. The third-order valence-corrected chi connectivity index (χ3v) is 3.29. The number of benzene rings is 1. The maximum Gasteiger partial charge on any atom is 0.240 e. The molecule has 0 aliphatic carbocycles. The summed E-state index contributed by atoms with van der Waals surface area (Å²) in [5.41, 5.74) is 5.18. The van der Waals surface area contributed by atoms with E-state index in [0.717, 1.165) is 0 Å². The summed E-state index contributed by atoms with van der Waals surface area (Å²) in [7, 11) is 0. The summed E-state index contributed by atoms with van der Waals surface area (Å²) in [6, 6.07) is 5.87. The first kappa shape index (κ1) is 17.7. The van der Waals surface area contributed by atoms with Crippen LogP contribution in [0.5, 0.6) is 5.75 Å². The number of halogens is 2. The molecule has 1 amide bonds. The normalized spacial score (nSPS) is 16.7. The van der Waals surface area contributed by atoms with E-state index >= 15 is 0 Å². The van der Waals surface area contributed by atoms with Crippen molar-refractivity contribution in [2.75, 3.05) is 26.4 Å². The van der Waals surface area contributed by atoms with Gasteiger partial charge in [-0.3, -0.25) is 4.79 Å². The van der Waals surface area contributed by atoms with E-state index in [-0.39, 0.29) is 30.7 Å². The van der Waals surface area contributed by atoms with Gasteiger partial charge in [-0.1, -0.05) is 6.07 Å². The molecule has 2 rings (SSSR count). The lowest BCUT2D eigenvalue weighted by molar-refractivity contribution is -0.129. The van der Waals surface area contributed by atoms with Crippen molar-refractivity contribution < 1.29 is 18.7 Å². The summed E-state index contributed by atoms with van der Waals surface area (Å²) < 4.78 is 23.4. The fourth-order valence-electron chi connectivity index (χ4n) is 2.03. The number of carbonyl (C=O) groups excluding carboxylic acids is 1. The molecule has 5 nitrogen and oxygen atoms in total. The number of nitrogens with two attached hydrogens (primary N) is 1. The van der Waals surface area contributed by atoms with Crippen molar-refractivity contribution in [2.24, 2.45) is 5.73 Å². The van der Waals surface area contributed by atoms with Crippen molar-refractivity contribution in [3.8, 4) is 5.75 Å². The van der Waals surface area contributed by atoms with Gasteiger partial charge < -0.3 is 20.5 Å². The predicted octanol–water partition coefficient (Wildman–Crippen LogP) is 1.25. The molecule has 0 spiro atoms. The molecule has 1 heterocycles. The molecule has 21 heavy (non-hydrogen) atoms. The highest BCUT2D eigenvalue weighted by Crippen LogP contribution is 2.17. The lowest BCUT2D eigenvalue weighted by Gasteiger charge is -2.31. The Morgan fingerprint density at radius 2 is 2.14 bits per heavy atom. The molecule has 0 bridgehead atoms. The molecular formula is C14H20ClFN2O3. The summed E-state index contributed by atoms with van der Waals surface area (Å²) in [5, 5.41) is 2.74. The summed E-state index contributed by atoms with van der Waals surface area (Å²) in [6.07, 6.45) is 1.03. The zero-order valence-electron chi connectivity index (χ0n) is 11.6. The molecule has 1 fully saturated rings. The molecule has 0 atom stereocenters. The van der Waals surface area contributed by atoms with E-state index in [1.165, 1.54) is 12.1 Å². The van der Waals surface area contributed by atoms with Crippen LogP contribution in [0.4, 0.5) is 4.39 Å². The van der Waals surface area contributed by atoms with E-state index in [9.17, 15) is 9.18 Å². The van der Waals surface area contributed by atoms with E-state index in [4.69, 9.17) is 15.2 Å². The first-order valence-corrected chi connectivity index (χ1v) is 6.63. The second-order valence-electron chi connectivity index (χ2n) is 4.83. The van der Waals surface area contributed by atoms with Crippen LogP contribution in [0.1, 0.15) is 12.8 Å². The van der Waals surface area contributed by atoms with Gasteiger partial charge in [0.05, 0.1) is 12.1 Å². The predicted molar refractivity (Wildman–Crippen MR) is 79.1 cm³/mol. The second-order valence-corrected chi connectivity index (χ2v) is 4.83. The number of ether oxygens (including phenoxy) is 2. The molecule has 0 radical (unpaired) electrons. The summed E-state index contributed by atoms with van der Waals surface area (Å²) in [5.74, 6) is -0.105. The van der Waals surface area contributed by atoms with E-state index in [0.29, 0.717) is 38.3 Å². The number of carbonyl (C=O) groups is 1. The lowest BCUT2D eigenvalue weighted by atomic mass is 9.90. The van der Waals surface area contributed by atoms with E-state index in [1.54, 1.807) is 12.1 Å². The molecule has 1 aliphatic heterocycles. The van der Waals surface area contributed by atoms with Gasteiger partial charge in [-0.15, -0.1) is 12.4 Å². The van der Waals surface area contributed by atoms with Crippen molar-refractivity contribution in [3.63, 3.8) is 0 Å². The first-order chi connectivity index (χ1) is 9.60. The lowest BCUT2D eigenvalue weighted by Crippen LogP contribution is -2.57. The van der Waals surface area contributed by atoms with Crippen molar-refractivity contribution in [1.29, 1.82) is 0 Å². The van der Waals surface area contributed by atoms with Crippen LogP contribution in [0.15, 0.2) is 24.3 Å². The Morgan fingerprint density at radius 1 is 1.43 bits per heavy atom. The molecule has 1 aromatic carbocycles. The van der Waals surface area contributed by atoms with E-state index < -0.39 is 5.54 Å². The van der Waals surface area contributed by atoms with Crippen molar-refractivity contribution in [2.45, 2.75) is 18.4 Å². The van der Waals surface area contributed by atoms with Crippen LogP contribution in [0.2, 0.25) is 0 Å². The van der Waals surface area contributed by atoms with Gasteiger partial charge in [0.1, 0.15) is 18.2 Å². The van der Waals surface area contributed by atoms with Crippen LogP contribution in [0.3, 0.4) is 0 Å². The largest absolute Gasteiger partial charge is 0.492 e. The highest BCUT2D eigenvalue weighted by molar-refractivity contribution is 5.86. The van der Waals surface area contributed by atoms with Crippen LogP contribution in [-0.2, 0) is 9.53 Å². The van der Waals surface area contributed by atoms with Crippen LogP contribution in [-0.4, -0.2) is 37.8 Å². The van der Waals surface area contributed by atoms with Crippen molar-refractivity contribution >= 4 is 18.3 Å². The van der Waals surface area contributed by atoms with Gasteiger partial charge in [0, 0.05) is 19.3 Å². The van der Waals surface area contributed by atoms with Crippen LogP contribution >= 0.6 is 12.4 Å². The van der Waals surface area contributed by atoms with E-state index in [2.05, 4.69) is 5.32 Å². The molecule has 1 saturated heterocycles. The molecular weight excluding hydrogens is 299 g/mol. The zero-order chi connectivity index (χ0) is 14.4. The molecule has 0 unspecified atom stereocenters. The number of hydrogen-bond acceptors (Lipinski definition) is 4. The molecule has 1 aromatic rings. The molecule has 0 saturated carbocycles. The third-order valence-electron chi connectivity index (χ3n) is 3.29. The molecule has 7 heteroatoms. The highest BCUT2D eigenvalue weighted by Gasteiger charge is 2.35. The second kappa shape index (κ2) is 8.17. The van der Waals surface area contributed by atoms with E-state index in [1.807, 2.05) is 0 Å². The van der Waals surface area contributed by atoms with Crippen LogP contribution < -0.4 is 15.8 Å². The Balaban J connectivity index is 0.00000220. The number of hydrogen-bond donors (Lipinski definition) is 2. The molecule has 1 aliphatic rings. The fraction of sp³-hybridized carbons (Fsp3) is 0.500.